The van der Waals surface area contributed by atoms with Crippen molar-refractivity contribution >= 4 is 34.1 Å². The van der Waals surface area contributed by atoms with E-state index in [0.29, 0.717) is 0 Å². The smallest absolute Gasteiger partial charge is 0.119 e. The Morgan fingerprint density at radius 2 is 0.604 bits per heavy atom. The molecule has 0 spiro atoms. The summed E-state index contributed by atoms with van der Waals surface area (Å²) >= 11 is 0. The second-order valence-corrected chi connectivity index (χ2v) is 11.7. The Morgan fingerprint density at radius 3 is 0.854 bits per heavy atom. The van der Waals surface area contributed by atoms with Gasteiger partial charge < -0.3 is 28.7 Å². The molecular weight excluding hydrogens is 596 g/mol. The highest BCUT2D eigenvalue weighted by Gasteiger charge is 2.28. The van der Waals surface area contributed by atoms with Crippen molar-refractivity contribution in [1.29, 1.82) is 0 Å². The molecule has 0 fully saturated rings. The van der Waals surface area contributed by atoms with Crippen LogP contribution in [0.1, 0.15) is 24.0 Å². The molecule has 0 aliphatic heterocycles. The quantitative estimate of drug-likeness (QED) is 0.149. The van der Waals surface area contributed by atoms with Crippen molar-refractivity contribution in [3.63, 3.8) is 0 Å². The molecule has 7 rings (SSSR count). The summed E-state index contributed by atoms with van der Waals surface area (Å²) in [6.45, 7) is 2.30. The normalized spacial score (nSPS) is 11.8. The van der Waals surface area contributed by atoms with Crippen LogP contribution in [0.15, 0.2) is 133 Å². The standard InChI is InChI=1S/C42H38N2O4/c1-28-41-26-33(43(29-6-16-35(45-2)17-7-29)30-8-18-36(46-3)19-9-30)14-24-39(41)40-25-15-34(27-42(28)40)44(31-10-20-37(47-4)21-11-31)32-12-22-38(48-5)23-13-32/h6-28H,1-5H3. The summed E-state index contributed by atoms with van der Waals surface area (Å²) in [5.74, 6) is 3.47. The lowest BCUT2D eigenvalue weighted by Crippen LogP contribution is -2.10. The topological polar surface area (TPSA) is 43.4 Å². The van der Waals surface area contributed by atoms with Crippen LogP contribution in [0, 0.1) is 0 Å². The van der Waals surface area contributed by atoms with E-state index < -0.39 is 0 Å². The molecule has 0 N–H and O–H groups in total. The fraction of sp³-hybridized carbons (Fsp3) is 0.143. The third-order valence-corrected chi connectivity index (χ3v) is 9.13. The van der Waals surface area contributed by atoms with Crippen molar-refractivity contribution in [2.24, 2.45) is 0 Å². The molecule has 6 heteroatoms. The van der Waals surface area contributed by atoms with Gasteiger partial charge in [0.15, 0.2) is 0 Å². The van der Waals surface area contributed by atoms with E-state index in [2.05, 4.69) is 102 Å². The number of methoxy groups -OCH3 is 4. The van der Waals surface area contributed by atoms with Gasteiger partial charge in [-0.05, 0) is 144 Å². The van der Waals surface area contributed by atoms with Crippen molar-refractivity contribution in [3.8, 4) is 34.1 Å². The van der Waals surface area contributed by atoms with E-state index in [1.54, 1.807) is 28.4 Å². The minimum absolute atomic E-state index is 0.192. The van der Waals surface area contributed by atoms with Crippen LogP contribution >= 0.6 is 0 Å². The molecule has 6 aromatic rings. The van der Waals surface area contributed by atoms with Crippen LogP contribution < -0.4 is 28.7 Å². The van der Waals surface area contributed by atoms with Crippen LogP contribution in [-0.2, 0) is 0 Å². The Bertz CT molecular complexity index is 1780. The van der Waals surface area contributed by atoms with E-state index in [9.17, 15) is 0 Å². The zero-order valence-electron chi connectivity index (χ0n) is 27.8. The Kier molecular flexibility index (Phi) is 8.38. The number of rotatable bonds is 10. The van der Waals surface area contributed by atoms with Crippen LogP contribution in [0.3, 0.4) is 0 Å². The number of ether oxygens (including phenoxy) is 4. The van der Waals surface area contributed by atoms with Crippen molar-refractivity contribution < 1.29 is 18.9 Å². The van der Waals surface area contributed by atoms with E-state index >= 15 is 0 Å². The Morgan fingerprint density at radius 1 is 0.354 bits per heavy atom. The number of anilines is 6. The second kappa shape index (κ2) is 13.1. The van der Waals surface area contributed by atoms with Crippen molar-refractivity contribution in [2.75, 3.05) is 38.2 Å². The second-order valence-electron chi connectivity index (χ2n) is 11.7. The zero-order valence-corrected chi connectivity index (χ0v) is 27.8. The lowest BCUT2D eigenvalue weighted by atomic mass is 9.98. The van der Waals surface area contributed by atoms with Gasteiger partial charge in [-0.3, -0.25) is 0 Å². The fourth-order valence-corrected chi connectivity index (χ4v) is 6.57. The molecule has 0 bridgehead atoms. The van der Waals surface area contributed by atoms with Gasteiger partial charge in [0.25, 0.3) is 0 Å². The Balaban J connectivity index is 1.28. The van der Waals surface area contributed by atoms with Crippen LogP contribution in [-0.4, -0.2) is 28.4 Å². The molecule has 1 aliphatic rings. The molecule has 0 radical (unpaired) electrons. The maximum atomic E-state index is 5.45. The summed E-state index contributed by atoms with van der Waals surface area (Å²) < 4.78 is 21.8. The highest BCUT2D eigenvalue weighted by Crippen LogP contribution is 2.49. The zero-order chi connectivity index (χ0) is 33.2. The molecule has 0 heterocycles. The molecule has 0 amide bonds. The highest BCUT2D eigenvalue weighted by atomic mass is 16.5. The molecule has 48 heavy (non-hydrogen) atoms. The molecule has 240 valence electrons. The van der Waals surface area contributed by atoms with E-state index in [1.807, 2.05) is 48.5 Å². The highest BCUT2D eigenvalue weighted by molar-refractivity contribution is 5.87. The van der Waals surface area contributed by atoms with Gasteiger partial charge in [-0.25, -0.2) is 0 Å². The first-order chi connectivity index (χ1) is 23.5. The molecule has 0 aromatic heterocycles. The molecule has 1 aliphatic carbocycles. The molecule has 0 saturated carbocycles. The van der Waals surface area contributed by atoms with Gasteiger partial charge in [-0.15, -0.1) is 0 Å². The van der Waals surface area contributed by atoms with Gasteiger partial charge in [0, 0.05) is 40.0 Å². The van der Waals surface area contributed by atoms with Gasteiger partial charge in [0.2, 0.25) is 0 Å². The molecule has 6 aromatic carbocycles. The third kappa shape index (κ3) is 5.66. The average Bonchev–Trinajstić information content (AvgIpc) is 3.43. The number of hydrogen-bond acceptors (Lipinski definition) is 6. The minimum Gasteiger partial charge on any atom is -0.497 e. The van der Waals surface area contributed by atoms with Crippen molar-refractivity contribution in [2.45, 2.75) is 12.8 Å². The monoisotopic (exact) mass is 634 g/mol. The van der Waals surface area contributed by atoms with E-state index in [4.69, 9.17) is 18.9 Å². The predicted molar refractivity (Wildman–Crippen MR) is 195 cm³/mol. The Labute approximate surface area is 282 Å². The van der Waals surface area contributed by atoms with Gasteiger partial charge in [-0.2, -0.15) is 0 Å². The predicted octanol–water partition coefficient (Wildman–Crippen LogP) is 10.8. The first-order valence-electron chi connectivity index (χ1n) is 16.0. The maximum Gasteiger partial charge on any atom is 0.119 e. The van der Waals surface area contributed by atoms with Crippen LogP contribution in [0.4, 0.5) is 34.1 Å². The lowest BCUT2D eigenvalue weighted by Gasteiger charge is -2.27. The average molecular weight is 635 g/mol. The number of nitrogens with zero attached hydrogens (tertiary/aromatic N) is 2. The SMILES string of the molecule is COc1ccc(N(c2ccc(OC)cc2)c2ccc3c(c2)C(C)c2cc(N(c4ccc(OC)cc4)c4ccc(OC)cc4)ccc2-3)cc1. The van der Waals surface area contributed by atoms with Crippen LogP contribution in [0.5, 0.6) is 23.0 Å². The molecule has 0 unspecified atom stereocenters. The van der Waals surface area contributed by atoms with Gasteiger partial charge in [0.05, 0.1) is 28.4 Å². The largest absolute Gasteiger partial charge is 0.497 e. The first kappa shape index (κ1) is 30.8. The fourth-order valence-electron chi connectivity index (χ4n) is 6.57. The molecule has 0 atom stereocenters. The number of fused-ring (bicyclic) bond motifs is 3. The number of hydrogen-bond donors (Lipinski definition) is 0. The summed E-state index contributed by atoms with van der Waals surface area (Å²) in [4.78, 5) is 4.55. The van der Waals surface area contributed by atoms with Crippen LogP contribution in [0.2, 0.25) is 0 Å². The molecule has 6 nitrogen and oxygen atoms in total. The summed E-state index contributed by atoms with van der Waals surface area (Å²) in [6.07, 6.45) is 0. The molecule has 0 saturated heterocycles. The summed E-state index contributed by atoms with van der Waals surface area (Å²) in [6, 6.07) is 46.3. The van der Waals surface area contributed by atoms with Gasteiger partial charge >= 0.3 is 0 Å². The van der Waals surface area contributed by atoms with Gasteiger partial charge in [0.1, 0.15) is 23.0 Å². The summed E-state index contributed by atoms with van der Waals surface area (Å²) in [7, 11) is 6.76. The van der Waals surface area contributed by atoms with E-state index in [-0.39, 0.29) is 5.92 Å². The Hall–Kier alpha value is -5.88. The van der Waals surface area contributed by atoms with Crippen molar-refractivity contribution in [1.82, 2.24) is 0 Å². The number of benzene rings is 6. The summed E-state index contributed by atoms with van der Waals surface area (Å²) in [5, 5.41) is 0. The maximum absolute atomic E-state index is 5.45. The minimum atomic E-state index is 0.192. The molecular formula is C42H38N2O4. The third-order valence-electron chi connectivity index (χ3n) is 9.13. The lowest BCUT2D eigenvalue weighted by molar-refractivity contribution is 0.414. The van der Waals surface area contributed by atoms with Crippen molar-refractivity contribution in [3.05, 3.63) is 145 Å². The summed E-state index contributed by atoms with van der Waals surface area (Å²) in [5.41, 5.74) is 11.5. The van der Waals surface area contributed by atoms with E-state index in [0.717, 1.165) is 57.1 Å². The van der Waals surface area contributed by atoms with Crippen LogP contribution in [0.25, 0.3) is 11.1 Å². The van der Waals surface area contributed by atoms with E-state index in [1.165, 1.54) is 22.3 Å². The first-order valence-corrected chi connectivity index (χ1v) is 16.0. The van der Waals surface area contributed by atoms with Gasteiger partial charge in [-0.1, -0.05) is 19.1 Å².